The van der Waals surface area contributed by atoms with Crippen molar-refractivity contribution in [3.63, 3.8) is 0 Å². The van der Waals surface area contributed by atoms with Gasteiger partial charge in [-0.25, -0.2) is 13.6 Å². The molecule has 144 valence electrons. The summed E-state index contributed by atoms with van der Waals surface area (Å²) in [5.41, 5.74) is 0.541. The number of ether oxygens (including phenoxy) is 1. The lowest BCUT2D eigenvalue weighted by atomic mass is 9.64. The van der Waals surface area contributed by atoms with Crippen molar-refractivity contribution in [1.82, 2.24) is 0 Å². The van der Waals surface area contributed by atoms with Gasteiger partial charge in [0.1, 0.15) is 11.6 Å². The Morgan fingerprint density at radius 3 is 2.56 bits per heavy atom. The highest BCUT2D eigenvalue weighted by molar-refractivity contribution is 5.96. The third kappa shape index (κ3) is 3.35. The summed E-state index contributed by atoms with van der Waals surface area (Å²) < 4.78 is 34.2. The first-order chi connectivity index (χ1) is 13.0. The van der Waals surface area contributed by atoms with Crippen molar-refractivity contribution in [2.45, 2.75) is 51.4 Å². The molecule has 0 spiro atoms. The summed E-state index contributed by atoms with van der Waals surface area (Å²) >= 11 is 0. The van der Waals surface area contributed by atoms with Gasteiger partial charge in [-0.3, -0.25) is 0 Å². The first kappa shape index (κ1) is 18.4. The second-order valence-electron chi connectivity index (χ2n) is 8.46. The number of halogens is 2. The third-order valence-corrected chi connectivity index (χ3v) is 6.79. The fraction of sp³-hybridized carbons (Fsp3) is 0.522. The fourth-order valence-electron chi connectivity index (χ4n) is 5.31. The Hall–Kier alpha value is -1.97. The van der Waals surface area contributed by atoms with Crippen LogP contribution in [-0.2, 0) is 4.74 Å². The molecule has 2 unspecified atom stereocenters. The highest BCUT2D eigenvalue weighted by atomic mass is 19.1. The predicted molar refractivity (Wildman–Crippen MR) is 102 cm³/mol. The minimum Gasteiger partial charge on any atom is -0.465 e. The molecule has 0 aliphatic heterocycles. The van der Waals surface area contributed by atoms with E-state index in [9.17, 15) is 13.6 Å². The molecule has 0 aromatic heterocycles. The molecule has 4 heteroatoms. The summed E-state index contributed by atoms with van der Waals surface area (Å²) in [5, 5.41) is 0.773. The second kappa shape index (κ2) is 7.21. The van der Waals surface area contributed by atoms with E-state index in [0.717, 1.165) is 31.1 Å². The first-order valence-electron chi connectivity index (χ1n) is 9.98. The highest BCUT2D eigenvalue weighted by Crippen LogP contribution is 2.48. The van der Waals surface area contributed by atoms with Crippen LogP contribution in [0, 0.1) is 29.4 Å². The second-order valence-corrected chi connectivity index (χ2v) is 8.46. The normalized spacial score (nSPS) is 28.0. The van der Waals surface area contributed by atoms with Gasteiger partial charge in [0.25, 0.3) is 0 Å². The van der Waals surface area contributed by atoms with Crippen molar-refractivity contribution in [3.05, 3.63) is 47.0 Å². The Bertz CT molecular complexity index is 876. The maximum Gasteiger partial charge on any atom is 0.340 e. The van der Waals surface area contributed by atoms with Gasteiger partial charge in [-0.1, -0.05) is 19.4 Å². The molecule has 0 heterocycles. The average molecular weight is 372 g/mol. The van der Waals surface area contributed by atoms with Crippen LogP contribution in [0.5, 0.6) is 0 Å². The van der Waals surface area contributed by atoms with Gasteiger partial charge in [-0.15, -0.1) is 0 Å². The number of hydrogen-bond donors (Lipinski definition) is 0. The number of rotatable bonds is 2. The molecule has 2 nitrogen and oxygen atoms in total. The molecule has 0 bridgehead atoms. The molecule has 2 saturated carbocycles. The van der Waals surface area contributed by atoms with E-state index < -0.39 is 11.8 Å². The van der Waals surface area contributed by atoms with E-state index in [0.29, 0.717) is 16.9 Å². The van der Waals surface area contributed by atoms with Crippen molar-refractivity contribution in [3.8, 4) is 0 Å². The van der Waals surface area contributed by atoms with Gasteiger partial charge in [0.2, 0.25) is 0 Å². The Balaban J connectivity index is 1.65. The summed E-state index contributed by atoms with van der Waals surface area (Å²) in [7, 11) is 1.21. The third-order valence-electron chi connectivity index (χ3n) is 6.79. The van der Waals surface area contributed by atoms with Crippen LogP contribution in [0.15, 0.2) is 24.3 Å². The Morgan fingerprint density at radius 2 is 1.78 bits per heavy atom. The van der Waals surface area contributed by atoms with Crippen molar-refractivity contribution < 1.29 is 18.3 Å². The predicted octanol–water partition coefficient (Wildman–Crippen LogP) is 6.22. The van der Waals surface area contributed by atoms with E-state index in [2.05, 4.69) is 11.7 Å². The van der Waals surface area contributed by atoms with Crippen LogP contribution in [0.4, 0.5) is 8.78 Å². The van der Waals surface area contributed by atoms with Crippen LogP contribution in [0.1, 0.15) is 67.3 Å². The van der Waals surface area contributed by atoms with E-state index in [1.165, 1.54) is 38.5 Å². The van der Waals surface area contributed by atoms with E-state index >= 15 is 0 Å². The SMILES string of the molecule is COC(=O)c1ccc2cc(C3CC[C@H]4CC(C)CC[C@@H]4C3)c(F)cc2c1F. The average Bonchev–Trinajstić information content (AvgIpc) is 2.67. The van der Waals surface area contributed by atoms with Gasteiger partial charge < -0.3 is 4.74 Å². The van der Waals surface area contributed by atoms with Crippen molar-refractivity contribution in [2.24, 2.45) is 17.8 Å². The molecule has 0 N–H and O–H groups in total. The van der Waals surface area contributed by atoms with Gasteiger partial charge >= 0.3 is 5.97 Å². The molecule has 4 atom stereocenters. The van der Waals surface area contributed by atoms with Gasteiger partial charge in [0.15, 0.2) is 0 Å². The van der Waals surface area contributed by atoms with Gasteiger partial charge in [0.05, 0.1) is 12.7 Å². The Kier molecular flexibility index (Phi) is 4.92. The topological polar surface area (TPSA) is 26.3 Å². The van der Waals surface area contributed by atoms with Gasteiger partial charge in [-0.2, -0.15) is 0 Å². The zero-order valence-electron chi connectivity index (χ0n) is 15.9. The van der Waals surface area contributed by atoms with Crippen LogP contribution in [0.3, 0.4) is 0 Å². The number of carbonyl (C=O) groups is 1. The van der Waals surface area contributed by atoms with Crippen molar-refractivity contribution in [2.75, 3.05) is 7.11 Å². The van der Waals surface area contributed by atoms with E-state index in [1.54, 1.807) is 12.1 Å². The molecule has 0 saturated heterocycles. The van der Waals surface area contributed by atoms with Crippen molar-refractivity contribution in [1.29, 1.82) is 0 Å². The quantitative estimate of drug-likeness (QED) is 0.585. The molecule has 2 aliphatic carbocycles. The van der Waals surface area contributed by atoms with Crippen LogP contribution in [0.2, 0.25) is 0 Å². The minimum absolute atomic E-state index is 0.138. The molecular weight excluding hydrogens is 346 g/mol. The highest BCUT2D eigenvalue weighted by Gasteiger charge is 2.35. The van der Waals surface area contributed by atoms with Crippen LogP contribution < -0.4 is 0 Å². The van der Waals surface area contributed by atoms with Gasteiger partial charge in [0, 0.05) is 5.39 Å². The summed E-state index contributed by atoms with van der Waals surface area (Å²) in [4.78, 5) is 11.7. The summed E-state index contributed by atoms with van der Waals surface area (Å²) in [6, 6.07) is 6.14. The Morgan fingerprint density at radius 1 is 1.04 bits per heavy atom. The number of carbonyl (C=O) groups excluding carboxylic acids is 1. The monoisotopic (exact) mass is 372 g/mol. The largest absolute Gasteiger partial charge is 0.465 e. The lowest BCUT2D eigenvalue weighted by Crippen LogP contribution is -2.29. The number of fused-ring (bicyclic) bond motifs is 2. The van der Waals surface area contributed by atoms with E-state index in [-0.39, 0.29) is 22.7 Å². The first-order valence-corrected chi connectivity index (χ1v) is 9.98. The lowest BCUT2D eigenvalue weighted by molar-refractivity contribution is 0.0596. The Labute approximate surface area is 158 Å². The van der Waals surface area contributed by atoms with E-state index in [4.69, 9.17) is 0 Å². The van der Waals surface area contributed by atoms with Crippen LogP contribution in [0.25, 0.3) is 10.8 Å². The zero-order valence-corrected chi connectivity index (χ0v) is 15.9. The van der Waals surface area contributed by atoms with Gasteiger partial charge in [-0.05, 0) is 84.9 Å². The smallest absolute Gasteiger partial charge is 0.340 e. The maximum atomic E-state index is 14.9. The molecule has 2 fully saturated rings. The van der Waals surface area contributed by atoms with Crippen LogP contribution >= 0.6 is 0 Å². The fourth-order valence-corrected chi connectivity index (χ4v) is 5.31. The number of esters is 1. The zero-order chi connectivity index (χ0) is 19.1. The minimum atomic E-state index is -0.747. The standard InChI is InChI=1S/C23H26F2O2/c1-13-3-4-15-10-16(6-5-14(15)9-13)19-11-17-7-8-18(23(26)27-2)22(25)20(17)12-21(19)24/h7-8,11-16H,3-6,9-10H2,1-2H3/t13?,14-,15+,16?/m0/s1. The van der Waals surface area contributed by atoms with Crippen molar-refractivity contribution >= 4 is 16.7 Å². The number of hydrogen-bond acceptors (Lipinski definition) is 2. The lowest BCUT2D eigenvalue weighted by Gasteiger charge is -2.41. The molecular formula is C23H26F2O2. The van der Waals surface area contributed by atoms with E-state index in [1.807, 2.05) is 0 Å². The maximum absolute atomic E-state index is 14.9. The summed E-state index contributed by atoms with van der Waals surface area (Å²) in [6.45, 7) is 2.34. The molecule has 2 aliphatic rings. The molecule has 0 radical (unpaired) electrons. The summed E-state index contributed by atoms with van der Waals surface area (Å²) in [5.74, 6) is 0.663. The number of benzene rings is 2. The molecule has 4 rings (SSSR count). The molecule has 2 aromatic rings. The number of methoxy groups -OCH3 is 1. The summed E-state index contributed by atoms with van der Waals surface area (Å²) in [6.07, 6.45) is 7.01. The molecule has 2 aromatic carbocycles. The molecule has 27 heavy (non-hydrogen) atoms. The molecule has 0 amide bonds. The van der Waals surface area contributed by atoms with Crippen LogP contribution in [-0.4, -0.2) is 13.1 Å².